The van der Waals surface area contributed by atoms with Crippen molar-refractivity contribution in [3.8, 4) is 0 Å². The molecule has 4 rings (SSSR count). The van der Waals surface area contributed by atoms with Crippen LogP contribution in [-0.2, 0) is 32.1 Å². The van der Waals surface area contributed by atoms with E-state index in [2.05, 4.69) is 4.98 Å². The summed E-state index contributed by atoms with van der Waals surface area (Å²) in [6.45, 7) is 7.62. The summed E-state index contributed by atoms with van der Waals surface area (Å²) in [4.78, 5) is 49.1. The van der Waals surface area contributed by atoms with Gasteiger partial charge in [0.15, 0.2) is 0 Å². The molecule has 0 radical (unpaired) electrons. The molecule has 2 atom stereocenters. The second-order valence-corrected chi connectivity index (χ2v) is 8.49. The number of hydrogen-bond donors (Lipinski definition) is 0. The third-order valence-electron chi connectivity index (χ3n) is 6.15. The van der Waals surface area contributed by atoms with Gasteiger partial charge in [-0.25, -0.2) is 9.97 Å². The van der Waals surface area contributed by atoms with Gasteiger partial charge in [-0.3, -0.25) is 14.4 Å². The fraction of sp³-hybridized carbons (Fsp3) is 0.650. The average Bonchev–Trinajstić information content (AvgIpc) is 3.24. The number of cyclic esters (lactones) is 1. The number of fused-ring (bicyclic) bond motifs is 1. The van der Waals surface area contributed by atoms with Gasteiger partial charge >= 0.3 is 5.97 Å². The van der Waals surface area contributed by atoms with Gasteiger partial charge in [0.1, 0.15) is 11.4 Å². The van der Waals surface area contributed by atoms with Gasteiger partial charge in [0.25, 0.3) is 0 Å². The topological polar surface area (TPSA) is 92.7 Å². The summed E-state index contributed by atoms with van der Waals surface area (Å²) in [5.74, 6) is 0.174. The van der Waals surface area contributed by atoms with Crippen LogP contribution in [0.25, 0.3) is 0 Å². The molecule has 0 aliphatic carbocycles. The van der Waals surface area contributed by atoms with Crippen LogP contribution in [0.5, 0.6) is 0 Å². The van der Waals surface area contributed by atoms with Gasteiger partial charge in [-0.1, -0.05) is 0 Å². The van der Waals surface area contributed by atoms with Crippen LogP contribution in [0.4, 0.5) is 0 Å². The second-order valence-electron chi connectivity index (χ2n) is 8.49. The zero-order valence-corrected chi connectivity index (χ0v) is 16.6. The van der Waals surface area contributed by atoms with E-state index in [1.807, 2.05) is 11.1 Å². The van der Waals surface area contributed by atoms with E-state index in [0.717, 1.165) is 29.9 Å². The van der Waals surface area contributed by atoms with Crippen LogP contribution in [0.3, 0.4) is 0 Å². The molecule has 0 saturated carbocycles. The number of aromatic nitrogens is 2. The standard InChI is InChI=1S/C20H26N4O4/c1-12(25)23-7-5-16-14(11-23)9-21-18(22-16)13-4-6-24(10-13)19(27)15-8-17(26)28-20(15,2)3/h9,13,15H,4-8,10-11H2,1-3H3/t13-,15-/m1/s1. The van der Waals surface area contributed by atoms with Crippen molar-refractivity contribution in [3.05, 3.63) is 23.3 Å². The van der Waals surface area contributed by atoms with Gasteiger partial charge < -0.3 is 14.5 Å². The first kappa shape index (κ1) is 18.8. The van der Waals surface area contributed by atoms with Gasteiger partial charge in [-0.2, -0.15) is 0 Å². The molecule has 4 heterocycles. The van der Waals surface area contributed by atoms with Crippen molar-refractivity contribution in [2.75, 3.05) is 19.6 Å². The molecule has 2 fully saturated rings. The summed E-state index contributed by atoms with van der Waals surface area (Å²) in [6.07, 6.45) is 3.51. The maximum atomic E-state index is 12.9. The molecule has 8 nitrogen and oxygen atoms in total. The van der Waals surface area contributed by atoms with Crippen LogP contribution < -0.4 is 0 Å². The molecule has 3 aliphatic rings. The first-order chi connectivity index (χ1) is 13.2. The van der Waals surface area contributed by atoms with Gasteiger partial charge in [-0.15, -0.1) is 0 Å². The lowest BCUT2D eigenvalue weighted by Crippen LogP contribution is -2.42. The highest BCUT2D eigenvalue weighted by Crippen LogP contribution is 2.36. The predicted molar refractivity (Wildman–Crippen MR) is 99.0 cm³/mol. The highest BCUT2D eigenvalue weighted by Gasteiger charge is 2.48. The van der Waals surface area contributed by atoms with Crippen LogP contribution in [0.1, 0.15) is 56.6 Å². The maximum Gasteiger partial charge on any atom is 0.307 e. The minimum Gasteiger partial charge on any atom is -0.459 e. The molecule has 0 bridgehead atoms. The smallest absolute Gasteiger partial charge is 0.307 e. The second kappa shape index (κ2) is 6.83. The van der Waals surface area contributed by atoms with E-state index in [1.165, 1.54) is 0 Å². The van der Waals surface area contributed by atoms with Gasteiger partial charge in [0.05, 0.1) is 18.0 Å². The Labute approximate surface area is 164 Å². The fourth-order valence-corrected chi connectivity index (χ4v) is 4.39. The summed E-state index contributed by atoms with van der Waals surface area (Å²) >= 11 is 0. The van der Waals surface area contributed by atoms with Crippen LogP contribution in [-0.4, -0.2) is 62.8 Å². The molecular formula is C20H26N4O4. The Bertz CT molecular complexity index is 837. The number of likely N-dealkylation sites (tertiary alicyclic amines) is 1. The molecular weight excluding hydrogens is 360 g/mol. The molecule has 150 valence electrons. The average molecular weight is 386 g/mol. The number of carbonyl (C=O) groups excluding carboxylic acids is 3. The lowest BCUT2D eigenvalue weighted by Gasteiger charge is -2.28. The quantitative estimate of drug-likeness (QED) is 0.705. The number of esters is 1. The molecule has 3 aliphatic heterocycles. The summed E-state index contributed by atoms with van der Waals surface area (Å²) in [5.41, 5.74) is 1.25. The Balaban J connectivity index is 1.44. The Kier molecular flexibility index (Phi) is 4.59. The summed E-state index contributed by atoms with van der Waals surface area (Å²) in [5, 5.41) is 0. The van der Waals surface area contributed by atoms with E-state index in [-0.39, 0.29) is 30.1 Å². The van der Waals surface area contributed by atoms with Crippen LogP contribution in [0.15, 0.2) is 6.20 Å². The van der Waals surface area contributed by atoms with Gasteiger partial charge in [0.2, 0.25) is 11.8 Å². The number of nitrogens with zero attached hydrogens (tertiary/aromatic N) is 4. The Morgan fingerprint density at radius 3 is 2.71 bits per heavy atom. The molecule has 1 aromatic rings. The zero-order valence-electron chi connectivity index (χ0n) is 16.6. The monoisotopic (exact) mass is 386 g/mol. The molecule has 2 saturated heterocycles. The van der Waals surface area contributed by atoms with Crippen molar-refractivity contribution >= 4 is 17.8 Å². The van der Waals surface area contributed by atoms with Gasteiger partial charge in [0, 0.05) is 57.2 Å². The molecule has 0 spiro atoms. The summed E-state index contributed by atoms with van der Waals surface area (Å²) < 4.78 is 5.30. The van der Waals surface area contributed by atoms with Crippen LogP contribution >= 0.6 is 0 Å². The fourth-order valence-electron chi connectivity index (χ4n) is 4.39. The SMILES string of the molecule is CC(=O)N1CCc2nc([C@@H]3CCN(C(=O)[C@H]4CC(=O)OC4(C)C)C3)ncc2C1. The van der Waals surface area contributed by atoms with Crippen molar-refractivity contribution in [2.45, 2.75) is 58.1 Å². The van der Waals surface area contributed by atoms with Gasteiger partial charge in [-0.05, 0) is 20.3 Å². The summed E-state index contributed by atoms with van der Waals surface area (Å²) in [6, 6.07) is 0. The lowest BCUT2D eigenvalue weighted by atomic mass is 9.89. The first-order valence-corrected chi connectivity index (χ1v) is 9.85. The number of carbonyl (C=O) groups is 3. The van der Waals surface area contributed by atoms with E-state index in [0.29, 0.717) is 26.2 Å². The zero-order chi connectivity index (χ0) is 20.1. The largest absolute Gasteiger partial charge is 0.459 e. The maximum absolute atomic E-state index is 12.9. The predicted octanol–water partition coefficient (Wildman–Crippen LogP) is 1.04. The third-order valence-corrected chi connectivity index (χ3v) is 6.15. The van der Waals surface area contributed by atoms with Crippen molar-refractivity contribution in [3.63, 3.8) is 0 Å². The Morgan fingerprint density at radius 1 is 1.25 bits per heavy atom. The van der Waals surface area contributed by atoms with Crippen molar-refractivity contribution in [2.24, 2.45) is 5.92 Å². The van der Waals surface area contributed by atoms with E-state index in [9.17, 15) is 14.4 Å². The normalized spacial score (nSPS) is 26.2. The molecule has 8 heteroatoms. The molecule has 1 aromatic heterocycles. The van der Waals surface area contributed by atoms with E-state index in [1.54, 1.807) is 25.7 Å². The molecule has 2 amide bonds. The van der Waals surface area contributed by atoms with E-state index >= 15 is 0 Å². The third kappa shape index (κ3) is 3.36. The van der Waals surface area contributed by atoms with Crippen LogP contribution in [0.2, 0.25) is 0 Å². The lowest BCUT2D eigenvalue weighted by molar-refractivity contribution is -0.148. The highest BCUT2D eigenvalue weighted by molar-refractivity contribution is 5.88. The number of amides is 2. The Morgan fingerprint density at radius 2 is 2.04 bits per heavy atom. The van der Waals surface area contributed by atoms with E-state index in [4.69, 9.17) is 9.72 Å². The van der Waals surface area contributed by atoms with Crippen LogP contribution in [0, 0.1) is 5.92 Å². The number of hydrogen-bond acceptors (Lipinski definition) is 6. The molecule has 0 aromatic carbocycles. The first-order valence-electron chi connectivity index (χ1n) is 9.85. The van der Waals surface area contributed by atoms with Crippen molar-refractivity contribution < 1.29 is 19.1 Å². The molecule has 0 unspecified atom stereocenters. The molecule has 28 heavy (non-hydrogen) atoms. The molecule has 0 N–H and O–H groups in total. The number of rotatable bonds is 2. The van der Waals surface area contributed by atoms with Crippen molar-refractivity contribution in [1.29, 1.82) is 0 Å². The minimum atomic E-state index is -0.753. The van der Waals surface area contributed by atoms with E-state index < -0.39 is 11.5 Å². The highest BCUT2D eigenvalue weighted by atomic mass is 16.6. The Hall–Kier alpha value is -2.51. The minimum absolute atomic E-state index is 0.0200. The summed E-state index contributed by atoms with van der Waals surface area (Å²) in [7, 11) is 0. The van der Waals surface area contributed by atoms with Crippen molar-refractivity contribution in [1.82, 2.24) is 19.8 Å². The number of ether oxygens (including phenoxy) is 1.